The lowest BCUT2D eigenvalue weighted by Gasteiger charge is -2.12. The van der Waals surface area contributed by atoms with Crippen LogP contribution in [-0.4, -0.2) is 12.6 Å². The number of rotatable bonds is 7. The summed E-state index contributed by atoms with van der Waals surface area (Å²) in [5.41, 5.74) is 3.93. The molecular formula is C25H32O4. The molecule has 3 rings (SSSR count). The zero-order valence-electron chi connectivity index (χ0n) is 18.4. The maximum Gasteiger partial charge on any atom is 0.310 e. The van der Waals surface area contributed by atoms with Gasteiger partial charge in [0.25, 0.3) is 0 Å². The molecule has 2 aromatic carbocycles. The lowest BCUT2D eigenvalue weighted by Crippen LogP contribution is -2.09. The number of esters is 1. The molecule has 29 heavy (non-hydrogen) atoms. The molecule has 0 saturated heterocycles. The summed E-state index contributed by atoms with van der Waals surface area (Å²) in [6.07, 6.45) is 0.210. The van der Waals surface area contributed by atoms with Crippen LogP contribution in [0.25, 0.3) is 11.0 Å². The Bertz CT molecular complexity index is 937. The normalized spacial score (nSPS) is 10.6. The summed E-state index contributed by atoms with van der Waals surface area (Å²) in [5.74, 6) is 1.81. The van der Waals surface area contributed by atoms with E-state index in [0.29, 0.717) is 24.9 Å². The van der Waals surface area contributed by atoms with E-state index in [1.165, 1.54) is 0 Å². The van der Waals surface area contributed by atoms with Crippen LogP contribution in [0.3, 0.4) is 0 Å². The van der Waals surface area contributed by atoms with Crippen LogP contribution in [0.15, 0.2) is 46.9 Å². The third-order valence-corrected chi connectivity index (χ3v) is 4.46. The molecule has 156 valence electrons. The van der Waals surface area contributed by atoms with E-state index in [-0.39, 0.29) is 12.4 Å². The van der Waals surface area contributed by atoms with Crippen molar-refractivity contribution in [2.24, 2.45) is 0 Å². The fraction of sp³-hybridized carbons (Fsp3) is 0.400. The van der Waals surface area contributed by atoms with Gasteiger partial charge in [0.1, 0.15) is 23.7 Å². The quantitative estimate of drug-likeness (QED) is 0.423. The first kappa shape index (κ1) is 22.5. The summed E-state index contributed by atoms with van der Waals surface area (Å²) in [6, 6.07) is 13.9. The fourth-order valence-corrected chi connectivity index (χ4v) is 3.11. The van der Waals surface area contributed by atoms with Gasteiger partial charge in [-0.1, -0.05) is 45.9 Å². The molecule has 0 unspecified atom stereocenters. The van der Waals surface area contributed by atoms with Gasteiger partial charge < -0.3 is 13.9 Å². The van der Waals surface area contributed by atoms with Crippen molar-refractivity contribution in [2.75, 3.05) is 6.61 Å². The molecule has 1 heterocycles. The number of hydrogen-bond donors (Lipinski definition) is 0. The van der Waals surface area contributed by atoms with Crippen molar-refractivity contribution < 1.29 is 18.7 Å². The first-order valence-electron chi connectivity index (χ1n) is 10.4. The number of furan rings is 1. The molecular weight excluding hydrogens is 364 g/mol. The van der Waals surface area contributed by atoms with Crippen LogP contribution in [0.4, 0.5) is 0 Å². The highest BCUT2D eigenvalue weighted by Crippen LogP contribution is 2.29. The van der Waals surface area contributed by atoms with Crippen LogP contribution in [0.2, 0.25) is 0 Å². The Morgan fingerprint density at radius 2 is 1.83 bits per heavy atom. The molecule has 0 aliphatic carbocycles. The van der Waals surface area contributed by atoms with E-state index in [4.69, 9.17) is 13.9 Å². The van der Waals surface area contributed by atoms with Crippen molar-refractivity contribution in [3.63, 3.8) is 0 Å². The Morgan fingerprint density at radius 1 is 1.10 bits per heavy atom. The minimum absolute atomic E-state index is 0.210. The summed E-state index contributed by atoms with van der Waals surface area (Å²) >= 11 is 0. The maximum atomic E-state index is 11.8. The van der Waals surface area contributed by atoms with Crippen molar-refractivity contribution in [1.82, 2.24) is 0 Å². The standard InChI is InChI=1S/C23H26O4.C2H6/c1-5-25-22(24)13-18-8-6-7-9-20(18)26-14-17-10-16(4)23-19(11-17)12-21(27-23)15(2)3;1-2/h6-12,15H,5,13-14H2,1-4H3;1-2H3. The molecule has 4 nitrogen and oxygen atoms in total. The molecule has 1 aromatic heterocycles. The average molecular weight is 397 g/mol. The van der Waals surface area contributed by atoms with E-state index in [9.17, 15) is 4.79 Å². The van der Waals surface area contributed by atoms with Crippen molar-refractivity contribution >= 4 is 16.9 Å². The third-order valence-electron chi connectivity index (χ3n) is 4.46. The molecule has 0 amide bonds. The monoisotopic (exact) mass is 396 g/mol. The number of ether oxygens (including phenoxy) is 2. The van der Waals surface area contributed by atoms with Gasteiger partial charge in [-0.2, -0.15) is 0 Å². The molecule has 0 fully saturated rings. The van der Waals surface area contributed by atoms with E-state index in [1.807, 2.05) is 45.0 Å². The molecule has 0 saturated carbocycles. The average Bonchev–Trinajstić information content (AvgIpc) is 3.14. The Kier molecular flexibility index (Phi) is 8.32. The molecule has 0 aliphatic rings. The third kappa shape index (κ3) is 5.86. The van der Waals surface area contributed by atoms with Crippen LogP contribution in [-0.2, 0) is 22.6 Å². The first-order valence-corrected chi connectivity index (χ1v) is 10.4. The van der Waals surface area contributed by atoms with Crippen LogP contribution in [0.5, 0.6) is 5.75 Å². The lowest BCUT2D eigenvalue weighted by molar-refractivity contribution is -0.142. The highest BCUT2D eigenvalue weighted by molar-refractivity contribution is 5.82. The molecule has 0 N–H and O–H groups in total. The van der Waals surface area contributed by atoms with Gasteiger partial charge in [0.05, 0.1) is 13.0 Å². The van der Waals surface area contributed by atoms with Crippen LogP contribution >= 0.6 is 0 Å². The molecule has 0 atom stereocenters. The number of hydrogen-bond acceptors (Lipinski definition) is 4. The summed E-state index contributed by atoms with van der Waals surface area (Å²) in [5, 5.41) is 1.09. The van der Waals surface area contributed by atoms with Crippen LogP contribution < -0.4 is 4.74 Å². The molecule has 0 bridgehead atoms. The minimum Gasteiger partial charge on any atom is -0.489 e. The van der Waals surface area contributed by atoms with Crippen LogP contribution in [0, 0.1) is 6.92 Å². The summed E-state index contributed by atoms with van der Waals surface area (Å²) < 4.78 is 17.0. The van der Waals surface area contributed by atoms with Gasteiger partial charge in [-0.3, -0.25) is 4.79 Å². The number of carbonyl (C=O) groups is 1. The first-order chi connectivity index (χ1) is 14.0. The van der Waals surface area contributed by atoms with E-state index < -0.39 is 0 Å². The molecule has 3 aromatic rings. The van der Waals surface area contributed by atoms with Crippen molar-refractivity contribution in [3.8, 4) is 5.75 Å². The Balaban J connectivity index is 0.00000145. The lowest BCUT2D eigenvalue weighted by atomic mass is 10.1. The largest absolute Gasteiger partial charge is 0.489 e. The highest BCUT2D eigenvalue weighted by atomic mass is 16.5. The second-order valence-corrected chi connectivity index (χ2v) is 7.01. The molecule has 4 heteroatoms. The molecule has 0 aliphatic heterocycles. The predicted octanol–water partition coefficient (Wildman–Crippen LogP) is 6.58. The van der Waals surface area contributed by atoms with Gasteiger partial charge in [0, 0.05) is 16.9 Å². The van der Waals surface area contributed by atoms with Gasteiger partial charge in [-0.05, 0) is 49.2 Å². The number of aryl methyl sites for hydroxylation is 1. The van der Waals surface area contributed by atoms with Gasteiger partial charge >= 0.3 is 5.97 Å². The number of fused-ring (bicyclic) bond motifs is 1. The zero-order chi connectivity index (χ0) is 21.4. The Labute approximate surface area is 173 Å². The van der Waals surface area contributed by atoms with E-state index >= 15 is 0 Å². The van der Waals surface area contributed by atoms with Crippen molar-refractivity contribution in [2.45, 2.75) is 60.5 Å². The number of para-hydroxylation sites is 1. The molecule has 0 radical (unpaired) electrons. The highest BCUT2D eigenvalue weighted by Gasteiger charge is 2.12. The minimum atomic E-state index is -0.245. The molecule has 0 spiro atoms. The summed E-state index contributed by atoms with van der Waals surface area (Å²) in [6.45, 7) is 12.9. The van der Waals surface area contributed by atoms with Crippen molar-refractivity contribution in [3.05, 3.63) is 64.9 Å². The van der Waals surface area contributed by atoms with Crippen LogP contribution in [0.1, 0.15) is 63.0 Å². The van der Waals surface area contributed by atoms with E-state index in [0.717, 1.165) is 33.4 Å². The number of benzene rings is 2. The zero-order valence-corrected chi connectivity index (χ0v) is 18.4. The second kappa shape index (κ2) is 10.7. The Hall–Kier alpha value is -2.75. The van der Waals surface area contributed by atoms with E-state index in [2.05, 4.69) is 32.0 Å². The predicted molar refractivity (Wildman–Crippen MR) is 117 cm³/mol. The summed E-state index contributed by atoms with van der Waals surface area (Å²) in [7, 11) is 0. The summed E-state index contributed by atoms with van der Waals surface area (Å²) in [4.78, 5) is 11.8. The smallest absolute Gasteiger partial charge is 0.310 e. The van der Waals surface area contributed by atoms with E-state index in [1.54, 1.807) is 6.92 Å². The van der Waals surface area contributed by atoms with Gasteiger partial charge in [-0.15, -0.1) is 0 Å². The maximum absolute atomic E-state index is 11.8. The van der Waals surface area contributed by atoms with Gasteiger partial charge in [0.2, 0.25) is 0 Å². The second-order valence-electron chi connectivity index (χ2n) is 7.01. The number of carbonyl (C=O) groups excluding carboxylic acids is 1. The topological polar surface area (TPSA) is 48.7 Å². The SMILES string of the molecule is CC.CCOC(=O)Cc1ccccc1OCc1cc(C)c2oc(C(C)C)cc2c1. The van der Waals surface area contributed by atoms with Crippen molar-refractivity contribution in [1.29, 1.82) is 0 Å². The fourth-order valence-electron chi connectivity index (χ4n) is 3.11. The Morgan fingerprint density at radius 3 is 2.52 bits per heavy atom. The van der Waals surface area contributed by atoms with Gasteiger partial charge in [-0.25, -0.2) is 0 Å². The van der Waals surface area contributed by atoms with Gasteiger partial charge in [0.15, 0.2) is 0 Å².